The number of hydrogen-bond acceptors (Lipinski definition) is 5. The molecule has 7 nitrogen and oxygen atoms in total. The van der Waals surface area contributed by atoms with Gasteiger partial charge < -0.3 is 24.5 Å². The number of hydrogen-bond donors (Lipinski definition) is 2. The van der Waals surface area contributed by atoms with Crippen molar-refractivity contribution in [3.63, 3.8) is 0 Å². The van der Waals surface area contributed by atoms with Crippen molar-refractivity contribution >= 4 is 5.96 Å². The maximum absolute atomic E-state index is 5.64. The molecule has 0 atom stereocenters. The lowest BCUT2D eigenvalue weighted by atomic mass is 10.3. The second-order valence-corrected chi connectivity index (χ2v) is 5.26. The van der Waals surface area contributed by atoms with Crippen LogP contribution in [-0.2, 0) is 17.7 Å². The fourth-order valence-corrected chi connectivity index (χ4v) is 2.16. The van der Waals surface area contributed by atoms with Gasteiger partial charge in [0.1, 0.15) is 12.4 Å². The molecule has 25 heavy (non-hydrogen) atoms. The number of aliphatic imine (C=N–C) groups is 1. The van der Waals surface area contributed by atoms with E-state index in [4.69, 9.17) is 13.9 Å². The maximum atomic E-state index is 5.64. The summed E-state index contributed by atoms with van der Waals surface area (Å²) in [4.78, 5) is 8.87. The van der Waals surface area contributed by atoms with E-state index >= 15 is 0 Å². The zero-order valence-corrected chi connectivity index (χ0v) is 14.8. The Kier molecular flexibility index (Phi) is 8.34. The molecule has 0 aliphatic rings. The van der Waals surface area contributed by atoms with E-state index in [1.54, 1.807) is 19.6 Å². The number of rotatable bonds is 10. The van der Waals surface area contributed by atoms with Gasteiger partial charge in [0.15, 0.2) is 5.96 Å². The molecule has 0 saturated carbocycles. The Morgan fingerprint density at radius 2 is 2.16 bits per heavy atom. The van der Waals surface area contributed by atoms with Gasteiger partial charge in [0.2, 0.25) is 5.88 Å². The molecule has 0 spiro atoms. The van der Waals surface area contributed by atoms with Crippen LogP contribution in [-0.4, -0.2) is 44.4 Å². The summed E-state index contributed by atoms with van der Waals surface area (Å²) in [6.45, 7) is 5.03. The summed E-state index contributed by atoms with van der Waals surface area (Å²) in [6, 6.07) is 7.70. The van der Waals surface area contributed by atoms with E-state index in [0.29, 0.717) is 25.6 Å². The molecular formula is C18H26N4O3. The van der Waals surface area contributed by atoms with Crippen LogP contribution in [0.15, 0.2) is 46.1 Å². The molecule has 0 fully saturated rings. The molecule has 2 N–H and O–H groups in total. The van der Waals surface area contributed by atoms with Crippen molar-refractivity contribution in [3.05, 3.63) is 48.0 Å². The van der Waals surface area contributed by atoms with Gasteiger partial charge in [-0.3, -0.25) is 0 Å². The van der Waals surface area contributed by atoms with Crippen LogP contribution in [0.5, 0.6) is 5.88 Å². The third-order valence-corrected chi connectivity index (χ3v) is 3.37. The van der Waals surface area contributed by atoms with Gasteiger partial charge in [0, 0.05) is 38.4 Å². The summed E-state index contributed by atoms with van der Waals surface area (Å²) in [6.07, 6.45) is 4.19. The Hall–Kier alpha value is -2.54. The summed E-state index contributed by atoms with van der Waals surface area (Å²) < 4.78 is 16.0. The van der Waals surface area contributed by atoms with Gasteiger partial charge in [-0.15, -0.1) is 0 Å². The van der Waals surface area contributed by atoms with E-state index in [2.05, 4.69) is 20.6 Å². The Morgan fingerprint density at radius 3 is 2.92 bits per heavy atom. The first-order chi connectivity index (χ1) is 12.3. The highest BCUT2D eigenvalue weighted by molar-refractivity contribution is 5.79. The van der Waals surface area contributed by atoms with Crippen molar-refractivity contribution in [1.82, 2.24) is 15.6 Å². The van der Waals surface area contributed by atoms with E-state index in [9.17, 15) is 0 Å². The molecule has 2 aromatic heterocycles. The molecule has 0 radical (unpaired) electrons. The molecule has 0 aliphatic carbocycles. The highest BCUT2D eigenvalue weighted by atomic mass is 16.5. The number of guanidine groups is 1. The summed E-state index contributed by atoms with van der Waals surface area (Å²) in [7, 11) is 1.64. The first-order valence-corrected chi connectivity index (χ1v) is 8.43. The summed E-state index contributed by atoms with van der Waals surface area (Å²) in [5.74, 6) is 2.29. The Labute approximate surface area is 148 Å². The van der Waals surface area contributed by atoms with Crippen molar-refractivity contribution in [3.8, 4) is 5.88 Å². The molecule has 0 bridgehead atoms. The third kappa shape index (κ3) is 6.84. The standard InChI is InChI=1S/C18H26N4O3/c1-3-19-18(21-10-8-16-7-5-11-24-16)22-14-15-6-4-9-20-17(15)25-13-12-23-2/h4-7,9,11H,3,8,10,12-14H2,1-2H3,(H2,19,21,22). The minimum Gasteiger partial charge on any atom is -0.475 e. The summed E-state index contributed by atoms with van der Waals surface area (Å²) in [5, 5.41) is 6.53. The number of ether oxygens (including phenoxy) is 2. The second kappa shape index (κ2) is 11.1. The van der Waals surface area contributed by atoms with Crippen molar-refractivity contribution in [2.45, 2.75) is 19.9 Å². The van der Waals surface area contributed by atoms with Gasteiger partial charge in [-0.05, 0) is 25.1 Å². The largest absolute Gasteiger partial charge is 0.475 e. The SMILES string of the molecule is CCNC(=NCc1cccnc1OCCOC)NCCc1ccco1. The van der Waals surface area contributed by atoms with E-state index in [0.717, 1.165) is 36.8 Å². The number of nitrogens with one attached hydrogen (secondary N) is 2. The third-order valence-electron chi connectivity index (χ3n) is 3.37. The number of pyridine rings is 1. The molecule has 2 rings (SSSR count). The summed E-state index contributed by atoms with van der Waals surface area (Å²) in [5.41, 5.74) is 0.932. The molecule has 0 aromatic carbocycles. The number of furan rings is 1. The molecule has 0 unspecified atom stereocenters. The number of methoxy groups -OCH3 is 1. The highest BCUT2D eigenvalue weighted by Crippen LogP contribution is 2.15. The monoisotopic (exact) mass is 346 g/mol. The average molecular weight is 346 g/mol. The smallest absolute Gasteiger partial charge is 0.218 e. The van der Waals surface area contributed by atoms with Crippen molar-refractivity contribution in [2.24, 2.45) is 4.99 Å². The normalized spacial score (nSPS) is 11.4. The van der Waals surface area contributed by atoms with Crippen molar-refractivity contribution in [1.29, 1.82) is 0 Å². The lowest BCUT2D eigenvalue weighted by Crippen LogP contribution is -2.38. The van der Waals surface area contributed by atoms with Crippen LogP contribution in [0.4, 0.5) is 0 Å². The van der Waals surface area contributed by atoms with Crippen LogP contribution in [0.3, 0.4) is 0 Å². The minimum atomic E-state index is 0.464. The molecule has 2 heterocycles. The van der Waals surface area contributed by atoms with Gasteiger partial charge in [-0.1, -0.05) is 6.07 Å². The lowest BCUT2D eigenvalue weighted by Gasteiger charge is -2.12. The van der Waals surface area contributed by atoms with Gasteiger partial charge in [0.25, 0.3) is 0 Å². The average Bonchev–Trinajstić information content (AvgIpc) is 3.14. The quantitative estimate of drug-likeness (QED) is 0.389. The number of nitrogens with zero attached hydrogens (tertiary/aromatic N) is 2. The lowest BCUT2D eigenvalue weighted by molar-refractivity contribution is 0.143. The highest BCUT2D eigenvalue weighted by Gasteiger charge is 2.05. The maximum Gasteiger partial charge on any atom is 0.218 e. The molecule has 0 saturated heterocycles. The first kappa shape index (κ1) is 18.8. The Balaban J connectivity index is 1.91. The van der Waals surface area contributed by atoms with Crippen molar-refractivity contribution < 1.29 is 13.9 Å². The molecular weight excluding hydrogens is 320 g/mol. The van der Waals surface area contributed by atoms with E-state index in [-0.39, 0.29) is 0 Å². The zero-order valence-electron chi connectivity index (χ0n) is 14.8. The first-order valence-electron chi connectivity index (χ1n) is 8.43. The van der Waals surface area contributed by atoms with Crippen LogP contribution in [0.2, 0.25) is 0 Å². The van der Waals surface area contributed by atoms with Gasteiger partial charge in [-0.25, -0.2) is 9.98 Å². The van der Waals surface area contributed by atoms with E-state index < -0.39 is 0 Å². The fourth-order valence-electron chi connectivity index (χ4n) is 2.16. The molecule has 7 heteroatoms. The van der Waals surface area contributed by atoms with E-state index in [1.165, 1.54) is 0 Å². The predicted octanol–water partition coefficient (Wildman–Crippen LogP) is 2.00. The Morgan fingerprint density at radius 1 is 1.24 bits per heavy atom. The molecule has 0 amide bonds. The van der Waals surface area contributed by atoms with Crippen LogP contribution in [0.25, 0.3) is 0 Å². The molecule has 0 aliphatic heterocycles. The van der Waals surface area contributed by atoms with Gasteiger partial charge in [-0.2, -0.15) is 0 Å². The topological polar surface area (TPSA) is 80.9 Å². The van der Waals surface area contributed by atoms with Crippen LogP contribution >= 0.6 is 0 Å². The summed E-state index contributed by atoms with van der Waals surface area (Å²) >= 11 is 0. The van der Waals surface area contributed by atoms with Gasteiger partial charge in [0.05, 0.1) is 19.4 Å². The second-order valence-electron chi connectivity index (χ2n) is 5.26. The molecule has 2 aromatic rings. The number of aromatic nitrogens is 1. The Bertz CT molecular complexity index is 629. The van der Waals surface area contributed by atoms with Crippen molar-refractivity contribution in [2.75, 3.05) is 33.4 Å². The van der Waals surface area contributed by atoms with Crippen LogP contribution in [0, 0.1) is 0 Å². The minimum absolute atomic E-state index is 0.464. The fraction of sp³-hybridized carbons (Fsp3) is 0.444. The zero-order chi connectivity index (χ0) is 17.7. The van der Waals surface area contributed by atoms with Gasteiger partial charge >= 0.3 is 0 Å². The van der Waals surface area contributed by atoms with E-state index in [1.807, 2.05) is 31.2 Å². The van der Waals surface area contributed by atoms with Crippen LogP contribution in [0.1, 0.15) is 18.2 Å². The molecule has 136 valence electrons. The predicted molar refractivity (Wildman–Crippen MR) is 96.8 cm³/mol. The van der Waals surface area contributed by atoms with Crippen LogP contribution < -0.4 is 15.4 Å².